The number of hydrogen-bond donors (Lipinski definition) is 0. The zero-order chi connectivity index (χ0) is 19.4. The molecular weight excluding hydrogens is 456 g/mol. The average Bonchev–Trinajstić information content (AvgIpc) is 2.33. The molecule has 0 bridgehead atoms. The van der Waals surface area contributed by atoms with Crippen molar-refractivity contribution in [2.45, 2.75) is 66.3 Å². The molecule has 0 spiro atoms. The van der Waals surface area contributed by atoms with Crippen LogP contribution in [0.4, 0.5) is 10.5 Å². The number of benzene rings is 1. The highest BCUT2D eigenvalue weighted by Gasteiger charge is 2.43. The standard InChI is InChI=1S/C17H27INO5P/c1-12(2)23-25(21,24-13(3)4)19(16(20)22-17(5,6)7)15-10-8-9-14(18)11-15/h8-13H,1-7H3. The number of carbonyl (C=O) groups excluding carboxylic acids is 1. The summed E-state index contributed by atoms with van der Waals surface area (Å²) >= 11 is 2.12. The van der Waals surface area contributed by atoms with E-state index >= 15 is 0 Å². The molecule has 8 heteroatoms. The predicted octanol–water partition coefficient (Wildman–Crippen LogP) is 5.99. The van der Waals surface area contributed by atoms with Crippen molar-refractivity contribution in [1.29, 1.82) is 0 Å². The Morgan fingerprint density at radius 1 is 1.12 bits per heavy atom. The minimum absolute atomic E-state index is 0.394. The first kappa shape index (κ1) is 22.4. The van der Waals surface area contributed by atoms with Crippen LogP contribution in [0, 0.1) is 3.57 Å². The van der Waals surface area contributed by atoms with Crippen molar-refractivity contribution in [3.63, 3.8) is 0 Å². The summed E-state index contributed by atoms with van der Waals surface area (Å²) < 4.78 is 32.1. The van der Waals surface area contributed by atoms with Crippen LogP contribution in [0.25, 0.3) is 0 Å². The first-order chi connectivity index (χ1) is 11.3. The van der Waals surface area contributed by atoms with Crippen LogP contribution in [0.3, 0.4) is 0 Å². The topological polar surface area (TPSA) is 65.1 Å². The van der Waals surface area contributed by atoms with Gasteiger partial charge in [-0.25, -0.2) is 9.36 Å². The summed E-state index contributed by atoms with van der Waals surface area (Å²) in [7, 11) is -3.97. The lowest BCUT2D eigenvalue weighted by Crippen LogP contribution is -2.37. The number of amides is 1. The van der Waals surface area contributed by atoms with Crippen molar-refractivity contribution < 1.29 is 23.1 Å². The maximum Gasteiger partial charge on any atom is 0.445 e. The van der Waals surface area contributed by atoms with Crippen molar-refractivity contribution in [2.75, 3.05) is 4.67 Å². The maximum absolute atomic E-state index is 13.6. The number of halogens is 1. The molecule has 1 aromatic rings. The second kappa shape index (κ2) is 8.84. The third-order valence-electron chi connectivity index (χ3n) is 2.55. The molecule has 0 N–H and O–H groups in total. The van der Waals surface area contributed by atoms with Crippen LogP contribution in [-0.4, -0.2) is 23.9 Å². The number of ether oxygens (including phenoxy) is 1. The fourth-order valence-corrected chi connectivity index (χ4v) is 4.39. The molecule has 0 aliphatic rings. The molecule has 0 unspecified atom stereocenters. The Hall–Kier alpha value is -0.630. The van der Waals surface area contributed by atoms with Gasteiger partial charge in [0.25, 0.3) is 0 Å². The Kier molecular flexibility index (Phi) is 7.93. The molecule has 0 atom stereocenters. The van der Waals surface area contributed by atoms with Gasteiger partial charge < -0.3 is 4.74 Å². The van der Waals surface area contributed by atoms with Gasteiger partial charge >= 0.3 is 13.8 Å². The molecule has 1 aromatic carbocycles. The molecule has 0 aliphatic carbocycles. The zero-order valence-electron chi connectivity index (χ0n) is 15.8. The highest BCUT2D eigenvalue weighted by molar-refractivity contribution is 14.1. The highest BCUT2D eigenvalue weighted by atomic mass is 127. The average molecular weight is 483 g/mol. The molecule has 0 heterocycles. The third kappa shape index (κ3) is 7.25. The van der Waals surface area contributed by atoms with E-state index in [-0.39, 0.29) is 0 Å². The Labute approximate surface area is 163 Å². The summed E-state index contributed by atoms with van der Waals surface area (Å²) in [4.78, 5) is 12.8. The predicted molar refractivity (Wildman–Crippen MR) is 108 cm³/mol. The van der Waals surface area contributed by atoms with Crippen molar-refractivity contribution in [2.24, 2.45) is 0 Å². The first-order valence-corrected chi connectivity index (χ1v) is 10.7. The van der Waals surface area contributed by atoms with Crippen LogP contribution < -0.4 is 4.67 Å². The summed E-state index contributed by atoms with van der Waals surface area (Å²) in [6.45, 7) is 12.2. The van der Waals surface area contributed by atoms with Crippen LogP contribution in [0.5, 0.6) is 0 Å². The first-order valence-electron chi connectivity index (χ1n) is 8.10. The van der Waals surface area contributed by atoms with Gasteiger partial charge in [-0.15, -0.1) is 0 Å². The van der Waals surface area contributed by atoms with Gasteiger partial charge in [-0.3, -0.25) is 9.05 Å². The summed E-state index contributed by atoms with van der Waals surface area (Å²) in [6, 6.07) is 7.04. The van der Waals surface area contributed by atoms with Crippen molar-refractivity contribution in [1.82, 2.24) is 0 Å². The summed E-state index contributed by atoms with van der Waals surface area (Å²) in [5.41, 5.74) is -0.358. The van der Waals surface area contributed by atoms with E-state index in [0.717, 1.165) is 8.24 Å². The van der Waals surface area contributed by atoms with Crippen LogP contribution in [-0.2, 0) is 18.3 Å². The fourth-order valence-electron chi connectivity index (χ4n) is 1.91. The monoisotopic (exact) mass is 483 g/mol. The van der Waals surface area contributed by atoms with Crippen molar-refractivity contribution in [3.05, 3.63) is 27.8 Å². The molecule has 0 saturated carbocycles. The van der Waals surface area contributed by atoms with E-state index in [1.54, 1.807) is 66.7 Å². The highest BCUT2D eigenvalue weighted by Crippen LogP contribution is 2.56. The van der Waals surface area contributed by atoms with E-state index in [1.165, 1.54) is 0 Å². The normalized spacial score (nSPS) is 12.6. The molecule has 1 rings (SSSR count). The minimum Gasteiger partial charge on any atom is -0.443 e. The molecule has 0 radical (unpaired) electrons. The van der Waals surface area contributed by atoms with Crippen LogP contribution in [0.15, 0.2) is 24.3 Å². The molecule has 0 aliphatic heterocycles. The van der Waals surface area contributed by atoms with E-state index in [1.807, 2.05) is 6.07 Å². The molecule has 0 fully saturated rings. The van der Waals surface area contributed by atoms with Gasteiger partial charge in [0.1, 0.15) is 5.60 Å². The number of carbonyl (C=O) groups is 1. The number of rotatable bonds is 6. The summed E-state index contributed by atoms with van der Waals surface area (Å²) in [5, 5.41) is 0. The van der Waals surface area contributed by atoms with Crippen molar-refractivity contribution >= 4 is 42.1 Å². The van der Waals surface area contributed by atoms with E-state index in [0.29, 0.717) is 5.69 Å². The maximum atomic E-state index is 13.6. The molecule has 0 saturated heterocycles. The van der Waals surface area contributed by atoms with E-state index < -0.39 is 31.6 Å². The van der Waals surface area contributed by atoms with Gasteiger partial charge in [0.05, 0.1) is 17.9 Å². The molecular formula is C17H27INO5P. The Bertz CT molecular complexity index is 628. The Morgan fingerprint density at radius 3 is 2.04 bits per heavy atom. The van der Waals surface area contributed by atoms with Crippen LogP contribution in [0.2, 0.25) is 0 Å². The lowest BCUT2D eigenvalue weighted by molar-refractivity contribution is 0.0580. The van der Waals surface area contributed by atoms with Gasteiger partial charge in [0.2, 0.25) is 0 Å². The lowest BCUT2D eigenvalue weighted by atomic mass is 10.2. The SMILES string of the molecule is CC(C)OP(=O)(OC(C)C)N(C(=O)OC(C)(C)C)c1cccc(I)c1. The number of nitrogens with zero attached hydrogens (tertiary/aromatic N) is 1. The third-order valence-corrected chi connectivity index (χ3v) is 5.48. The minimum atomic E-state index is -3.97. The quantitative estimate of drug-likeness (QED) is 0.368. The molecule has 142 valence electrons. The van der Waals surface area contributed by atoms with Gasteiger partial charge in [0, 0.05) is 3.57 Å². The fraction of sp³-hybridized carbons (Fsp3) is 0.588. The van der Waals surface area contributed by atoms with Crippen molar-refractivity contribution in [3.8, 4) is 0 Å². The molecule has 25 heavy (non-hydrogen) atoms. The van der Waals surface area contributed by atoms with E-state index in [2.05, 4.69) is 22.6 Å². The lowest BCUT2D eigenvalue weighted by Gasteiger charge is -2.33. The summed E-state index contributed by atoms with van der Waals surface area (Å²) in [6.07, 6.45) is -1.59. The van der Waals surface area contributed by atoms with Gasteiger partial charge in [-0.1, -0.05) is 6.07 Å². The second-order valence-electron chi connectivity index (χ2n) is 7.05. The van der Waals surface area contributed by atoms with Gasteiger partial charge in [0.15, 0.2) is 0 Å². The smallest absolute Gasteiger partial charge is 0.443 e. The Morgan fingerprint density at radius 2 is 1.64 bits per heavy atom. The molecule has 0 aromatic heterocycles. The number of anilines is 1. The van der Waals surface area contributed by atoms with Gasteiger partial charge in [-0.2, -0.15) is 4.67 Å². The summed E-state index contributed by atoms with van der Waals surface area (Å²) in [5.74, 6) is 0. The van der Waals surface area contributed by atoms with Crippen LogP contribution in [0.1, 0.15) is 48.5 Å². The molecule has 6 nitrogen and oxygen atoms in total. The van der Waals surface area contributed by atoms with E-state index in [4.69, 9.17) is 13.8 Å². The van der Waals surface area contributed by atoms with E-state index in [9.17, 15) is 9.36 Å². The zero-order valence-corrected chi connectivity index (χ0v) is 18.8. The largest absolute Gasteiger partial charge is 0.445 e. The molecule has 1 amide bonds. The number of hydrogen-bond acceptors (Lipinski definition) is 5. The Balaban J connectivity index is 3.45. The van der Waals surface area contributed by atoms with Crippen LogP contribution >= 0.6 is 30.3 Å². The second-order valence-corrected chi connectivity index (χ2v) is 10.1. The van der Waals surface area contributed by atoms with Gasteiger partial charge in [-0.05, 0) is 89.3 Å².